The van der Waals surface area contributed by atoms with Crippen LogP contribution in [-0.2, 0) is 4.79 Å². The van der Waals surface area contributed by atoms with E-state index in [0.717, 1.165) is 12.8 Å². The van der Waals surface area contributed by atoms with Crippen LogP contribution in [-0.4, -0.2) is 5.91 Å². The highest BCUT2D eigenvalue weighted by molar-refractivity contribution is 5.76. The number of hydrogen-bond acceptors (Lipinski definition) is 2. The van der Waals surface area contributed by atoms with E-state index in [1.165, 1.54) is 19.3 Å². The zero-order valence-corrected chi connectivity index (χ0v) is 6.58. The predicted molar refractivity (Wildman–Crippen MR) is 42.0 cm³/mol. The molecule has 0 atom stereocenters. The summed E-state index contributed by atoms with van der Waals surface area (Å²) in [7, 11) is 0. The van der Waals surface area contributed by atoms with E-state index in [-0.39, 0.29) is 0 Å². The van der Waals surface area contributed by atoms with Gasteiger partial charge in [0, 0.05) is 11.6 Å². The van der Waals surface area contributed by atoms with Crippen molar-refractivity contribution in [2.75, 3.05) is 0 Å². The predicted octanol–water partition coefficient (Wildman–Crippen LogP) is 2.25. The number of nitroso groups, excluding NO2 is 1. The van der Waals surface area contributed by atoms with Crippen LogP contribution < -0.4 is 0 Å². The Labute approximate surface area is 66.1 Å². The van der Waals surface area contributed by atoms with E-state index in [2.05, 4.69) is 5.18 Å². The molecule has 3 heteroatoms. The number of amides is 1. The van der Waals surface area contributed by atoms with Gasteiger partial charge in [-0.3, -0.25) is 4.79 Å². The fourth-order valence-corrected chi connectivity index (χ4v) is 1.68. The van der Waals surface area contributed by atoms with Crippen molar-refractivity contribution >= 4 is 5.91 Å². The SMILES string of the molecule is O=NC(=O)CC1CCCCC1. The molecule has 11 heavy (non-hydrogen) atoms. The van der Waals surface area contributed by atoms with Crippen LogP contribution in [0.3, 0.4) is 0 Å². The average Bonchev–Trinajstić information content (AvgIpc) is 2.06. The molecule has 0 unspecified atom stereocenters. The van der Waals surface area contributed by atoms with Crippen LogP contribution in [0.4, 0.5) is 0 Å². The third kappa shape index (κ3) is 2.78. The fraction of sp³-hybridized carbons (Fsp3) is 0.875. The van der Waals surface area contributed by atoms with Gasteiger partial charge in [-0.05, 0) is 18.8 Å². The summed E-state index contributed by atoms with van der Waals surface area (Å²) in [6, 6.07) is 0. The number of nitrogens with zero attached hydrogens (tertiary/aromatic N) is 1. The molecule has 0 bridgehead atoms. The van der Waals surface area contributed by atoms with Gasteiger partial charge < -0.3 is 0 Å². The molecule has 1 fully saturated rings. The summed E-state index contributed by atoms with van der Waals surface area (Å²) < 4.78 is 0. The van der Waals surface area contributed by atoms with Crippen LogP contribution in [0.5, 0.6) is 0 Å². The number of rotatable bonds is 2. The van der Waals surface area contributed by atoms with E-state index >= 15 is 0 Å². The maximum Gasteiger partial charge on any atom is 0.286 e. The Balaban J connectivity index is 2.24. The molecule has 1 aliphatic rings. The topological polar surface area (TPSA) is 46.5 Å². The smallest absolute Gasteiger partial charge is 0.269 e. The van der Waals surface area contributed by atoms with Gasteiger partial charge in [-0.25, -0.2) is 0 Å². The van der Waals surface area contributed by atoms with Gasteiger partial charge in [-0.1, -0.05) is 19.3 Å². The first kappa shape index (κ1) is 8.37. The second-order valence-electron chi connectivity index (χ2n) is 3.19. The summed E-state index contributed by atoms with van der Waals surface area (Å²) in [5.74, 6) is -0.0362. The third-order valence-electron chi connectivity index (χ3n) is 2.29. The van der Waals surface area contributed by atoms with E-state index in [0.29, 0.717) is 12.3 Å². The van der Waals surface area contributed by atoms with Gasteiger partial charge in [0.15, 0.2) is 0 Å². The first-order valence-corrected chi connectivity index (χ1v) is 4.19. The first-order chi connectivity index (χ1) is 5.33. The Morgan fingerprint density at radius 3 is 2.45 bits per heavy atom. The van der Waals surface area contributed by atoms with Crippen LogP contribution >= 0.6 is 0 Å². The van der Waals surface area contributed by atoms with E-state index in [9.17, 15) is 9.70 Å². The summed E-state index contributed by atoms with van der Waals surface area (Å²) in [6.45, 7) is 0. The zero-order chi connectivity index (χ0) is 8.10. The molecule has 1 saturated carbocycles. The third-order valence-corrected chi connectivity index (χ3v) is 2.29. The Morgan fingerprint density at radius 2 is 1.91 bits per heavy atom. The summed E-state index contributed by atoms with van der Waals surface area (Å²) in [6.07, 6.45) is 6.26. The normalized spacial score (nSPS) is 19.6. The summed E-state index contributed by atoms with van der Waals surface area (Å²) in [4.78, 5) is 20.4. The lowest BCUT2D eigenvalue weighted by Crippen LogP contribution is -2.10. The van der Waals surface area contributed by atoms with Gasteiger partial charge in [0.25, 0.3) is 5.91 Å². The van der Waals surface area contributed by atoms with Crippen LogP contribution in [0.25, 0.3) is 0 Å². The van der Waals surface area contributed by atoms with Crippen molar-refractivity contribution in [3.05, 3.63) is 4.91 Å². The van der Waals surface area contributed by atoms with Crippen molar-refractivity contribution in [2.24, 2.45) is 11.1 Å². The van der Waals surface area contributed by atoms with Gasteiger partial charge in [0.2, 0.25) is 0 Å². The highest BCUT2D eigenvalue weighted by Gasteiger charge is 2.16. The maximum atomic E-state index is 10.6. The fourth-order valence-electron chi connectivity index (χ4n) is 1.68. The number of hydrogen-bond donors (Lipinski definition) is 0. The van der Waals surface area contributed by atoms with Crippen molar-refractivity contribution in [1.29, 1.82) is 0 Å². The number of carbonyl (C=O) groups is 1. The molecule has 1 aliphatic carbocycles. The van der Waals surface area contributed by atoms with Gasteiger partial charge in [0.05, 0.1) is 0 Å². The summed E-state index contributed by atoms with van der Waals surface area (Å²) in [5.41, 5.74) is 0. The van der Waals surface area contributed by atoms with Crippen LogP contribution in [0, 0.1) is 10.8 Å². The molecular formula is C8H13NO2. The molecule has 0 aromatic rings. The molecule has 0 radical (unpaired) electrons. The molecule has 0 N–H and O–H groups in total. The Hall–Kier alpha value is -0.730. The van der Waals surface area contributed by atoms with Gasteiger partial charge in [0.1, 0.15) is 0 Å². The average molecular weight is 155 g/mol. The molecule has 0 spiro atoms. The molecule has 0 aromatic carbocycles. The van der Waals surface area contributed by atoms with Gasteiger partial charge >= 0.3 is 0 Å². The Morgan fingerprint density at radius 1 is 1.27 bits per heavy atom. The van der Waals surface area contributed by atoms with Crippen molar-refractivity contribution in [3.8, 4) is 0 Å². The first-order valence-electron chi connectivity index (χ1n) is 4.19. The lowest BCUT2D eigenvalue weighted by molar-refractivity contribution is -0.119. The lowest BCUT2D eigenvalue weighted by Gasteiger charge is -2.18. The van der Waals surface area contributed by atoms with Crippen molar-refractivity contribution < 1.29 is 4.79 Å². The minimum absolute atomic E-state index is 0.378. The molecule has 62 valence electrons. The second-order valence-corrected chi connectivity index (χ2v) is 3.19. The van der Waals surface area contributed by atoms with E-state index in [1.54, 1.807) is 0 Å². The molecule has 0 aromatic heterocycles. The Bertz CT molecular complexity index is 150. The molecular weight excluding hydrogens is 142 g/mol. The summed E-state index contributed by atoms with van der Waals surface area (Å²) in [5, 5.41) is 2.39. The summed E-state index contributed by atoms with van der Waals surface area (Å²) >= 11 is 0. The zero-order valence-electron chi connectivity index (χ0n) is 6.58. The highest BCUT2D eigenvalue weighted by atomic mass is 16.3. The van der Waals surface area contributed by atoms with Crippen molar-refractivity contribution in [2.45, 2.75) is 38.5 Å². The minimum Gasteiger partial charge on any atom is -0.269 e. The monoisotopic (exact) mass is 155 g/mol. The van der Waals surface area contributed by atoms with E-state index in [1.807, 2.05) is 0 Å². The standard InChI is InChI=1S/C8H13NO2/c10-8(9-11)6-7-4-2-1-3-5-7/h7H,1-6H2. The van der Waals surface area contributed by atoms with Gasteiger partial charge in [-0.2, -0.15) is 0 Å². The minimum atomic E-state index is -0.475. The number of carbonyl (C=O) groups excluding carboxylic acids is 1. The molecule has 0 aliphatic heterocycles. The van der Waals surface area contributed by atoms with Crippen LogP contribution in [0.1, 0.15) is 38.5 Å². The van der Waals surface area contributed by atoms with E-state index in [4.69, 9.17) is 0 Å². The lowest BCUT2D eigenvalue weighted by atomic mass is 9.87. The maximum absolute atomic E-state index is 10.6. The molecule has 1 rings (SSSR count). The quantitative estimate of drug-likeness (QED) is 0.574. The van der Waals surface area contributed by atoms with Crippen LogP contribution in [0.15, 0.2) is 5.18 Å². The van der Waals surface area contributed by atoms with Crippen LogP contribution in [0.2, 0.25) is 0 Å². The largest absolute Gasteiger partial charge is 0.286 e. The van der Waals surface area contributed by atoms with Crippen molar-refractivity contribution in [3.63, 3.8) is 0 Å². The van der Waals surface area contributed by atoms with E-state index < -0.39 is 5.91 Å². The highest BCUT2D eigenvalue weighted by Crippen LogP contribution is 2.26. The molecule has 3 nitrogen and oxygen atoms in total. The second kappa shape index (κ2) is 4.21. The molecule has 0 heterocycles. The van der Waals surface area contributed by atoms with Crippen molar-refractivity contribution in [1.82, 2.24) is 0 Å². The van der Waals surface area contributed by atoms with Gasteiger partial charge in [-0.15, -0.1) is 4.91 Å². The molecule has 1 amide bonds. The molecule has 0 saturated heterocycles. The Kier molecular flexibility index (Phi) is 3.20.